The zero-order valence-corrected chi connectivity index (χ0v) is 11.3. The fourth-order valence-corrected chi connectivity index (χ4v) is 3.54. The van der Waals surface area contributed by atoms with E-state index in [0.29, 0.717) is 5.41 Å². The molecule has 2 aliphatic rings. The summed E-state index contributed by atoms with van der Waals surface area (Å²) in [5.41, 5.74) is 0.546. The van der Waals surface area contributed by atoms with Crippen LogP contribution in [0.15, 0.2) is 0 Å². The summed E-state index contributed by atoms with van der Waals surface area (Å²) in [7, 11) is 2.12. The molecule has 1 saturated carbocycles. The fourth-order valence-electron chi connectivity index (χ4n) is 3.54. The van der Waals surface area contributed by atoms with Gasteiger partial charge in [-0.05, 0) is 51.1 Å². The fraction of sp³-hybridized carbons (Fsp3) is 1.00. The molecule has 2 heteroatoms. The topological polar surface area (TPSA) is 15.3 Å². The maximum atomic E-state index is 3.47. The van der Waals surface area contributed by atoms with Crippen molar-refractivity contribution in [2.45, 2.75) is 64.5 Å². The summed E-state index contributed by atoms with van der Waals surface area (Å²) < 4.78 is 0. The van der Waals surface area contributed by atoms with Crippen LogP contribution in [0.4, 0.5) is 0 Å². The molecule has 0 bridgehead atoms. The number of rotatable bonds is 2. The van der Waals surface area contributed by atoms with Crippen molar-refractivity contribution in [1.82, 2.24) is 10.2 Å². The van der Waals surface area contributed by atoms with Gasteiger partial charge in [-0.25, -0.2) is 0 Å². The summed E-state index contributed by atoms with van der Waals surface area (Å²) in [4.78, 5) is 2.77. The van der Waals surface area contributed by atoms with Crippen LogP contribution in [0.25, 0.3) is 0 Å². The average Bonchev–Trinajstić information content (AvgIpc) is 2.28. The molecule has 0 aromatic rings. The molecular formula is C14H28N2. The lowest BCUT2D eigenvalue weighted by molar-refractivity contribution is 0.0556. The van der Waals surface area contributed by atoms with Crippen molar-refractivity contribution >= 4 is 0 Å². The predicted octanol–water partition coefficient (Wildman–Crippen LogP) is 2.64. The highest BCUT2D eigenvalue weighted by Crippen LogP contribution is 2.33. The molecule has 0 aromatic heterocycles. The Balaban J connectivity index is 1.91. The van der Waals surface area contributed by atoms with Gasteiger partial charge < -0.3 is 5.32 Å². The van der Waals surface area contributed by atoms with Crippen LogP contribution in [0, 0.1) is 5.41 Å². The quantitative estimate of drug-likeness (QED) is 0.776. The first kappa shape index (κ1) is 12.4. The van der Waals surface area contributed by atoms with Crippen LogP contribution in [0.1, 0.15) is 52.4 Å². The maximum Gasteiger partial charge on any atom is 0.0110 e. The summed E-state index contributed by atoms with van der Waals surface area (Å²) >= 11 is 0. The van der Waals surface area contributed by atoms with E-state index >= 15 is 0 Å². The van der Waals surface area contributed by atoms with Gasteiger partial charge in [0.05, 0.1) is 0 Å². The van der Waals surface area contributed by atoms with Crippen molar-refractivity contribution in [3.63, 3.8) is 0 Å². The molecule has 1 heterocycles. The van der Waals surface area contributed by atoms with E-state index in [1.54, 1.807) is 0 Å². The van der Waals surface area contributed by atoms with Crippen molar-refractivity contribution in [2.24, 2.45) is 5.41 Å². The van der Waals surface area contributed by atoms with Crippen LogP contribution < -0.4 is 5.32 Å². The molecule has 2 rings (SSSR count). The Bertz CT molecular complexity index is 225. The van der Waals surface area contributed by atoms with Crippen LogP contribution in [-0.2, 0) is 0 Å². The number of nitrogens with one attached hydrogen (secondary N) is 1. The van der Waals surface area contributed by atoms with Gasteiger partial charge in [0.2, 0.25) is 0 Å². The van der Waals surface area contributed by atoms with E-state index in [2.05, 4.69) is 31.1 Å². The minimum atomic E-state index is 0.546. The van der Waals surface area contributed by atoms with Crippen LogP contribution in [0.3, 0.4) is 0 Å². The van der Waals surface area contributed by atoms with Crippen molar-refractivity contribution in [2.75, 3.05) is 20.1 Å². The summed E-state index contributed by atoms with van der Waals surface area (Å²) in [6, 6.07) is 1.62. The van der Waals surface area contributed by atoms with Crippen LogP contribution in [0.2, 0.25) is 0 Å². The molecule has 1 aliphatic heterocycles. The second-order valence-electron chi connectivity index (χ2n) is 6.54. The summed E-state index contributed by atoms with van der Waals surface area (Å²) in [6.07, 6.45) is 8.39. The van der Waals surface area contributed by atoms with Crippen LogP contribution in [-0.4, -0.2) is 37.1 Å². The third kappa shape index (κ3) is 2.98. The van der Waals surface area contributed by atoms with Gasteiger partial charge in [-0.15, -0.1) is 0 Å². The van der Waals surface area contributed by atoms with E-state index < -0.39 is 0 Å². The monoisotopic (exact) mass is 224 g/mol. The SMILES string of the molecule is CNC1CCCC(N2CCCC(C)(C)C2)C1. The van der Waals surface area contributed by atoms with Gasteiger partial charge in [-0.1, -0.05) is 20.3 Å². The molecule has 0 radical (unpaired) electrons. The lowest BCUT2D eigenvalue weighted by Gasteiger charge is -2.44. The van der Waals surface area contributed by atoms with Crippen molar-refractivity contribution in [3.8, 4) is 0 Å². The second-order valence-corrected chi connectivity index (χ2v) is 6.54. The molecule has 2 unspecified atom stereocenters. The smallest absolute Gasteiger partial charge is 0.0110 e. The molecule has 1 saturated heterocycles. The Labute approximate surface area is 101 Å². The first-order valence-corrected chi connectivity index (χ1v) is 7.02. The van der Waals surface area contributed by atoms with E-state index in [1.165, 1.54) is 51.6 Å². The maximum absolute atomic E-state index is 3.47. The van der Waals surface area contributed by atoms with E-state index in [9.17, 15) is 0 Å². The van der Waals surface area contributed by atoms with Gasteiger partial charge in [0.25, 0.3) is 0 Å². The molecular weight excluding hydrogens is 196 g/mol. The molecule has 1 aliphatic carbocycles. The molecule has 2 fully saturated rings. The lowest BCUT2D eigenvalue weighted by Crippen LogP contribution is -2.49. The normalized spacial score (nSPS) is 36.2. The van der Waals surface area contributed by atoms with Crippen LogP contribution >= 0.6 is 0 Å². The Morgan fingerprint density at radius 2 is 2.00 bits per heavy atom. The minimum absolute atomic E-state index is 0.546. The molecule has 94 valence electrons. The van der Waals surface area contributed by atoms with Crippen LogP contribution in [0.5, 0.6) is 0 Å². The Hall–Kier alpha value is -0.0800. The third-order valence-electron chi connectivity index (χ3n) is 4.50. The second kappa shape index (κ2) is 5.05. The summed E-state index contributed by atoms with van der Waals surface area (Å²) in [5.74, 6) is 0. The van der Waals surface area contributed by atoms with E-state index in [0.717, 1.165) is 12.1 Å². The zero-order valence-electron chi connectivity index (χ0n) is 11.3. The molecule has 16 heavy (non-hydrogen) atoms. The standard InChI is InChI=1S/C14H28N2/c1-14(2)8-5-9-16(11-14)13-7-4-6-12(10-13)15-3/h12-13,15H,4-11H2,1-3H3. The highest BCUT2D eigenvalue weighted by Gasteiger charge is 2.32. The van der Waals surface area contributed by atoms with Gasteiger partial charge in [0.15, 0.2) is 0 Å². The van der Waals surface area contributed by atoms with Gasteiger partial charge >= 0.3 is 0 Å². The van der Waals surface area contributed by atoms with E-state index in [4.69, 9.17) is 0 Å². The number of likely N-dealkylation sites (tertiary alicyclic amines) is 1. The highest BCUT2D eigenvalue weighted by molar-refractivity contribution is 4.88. The third-order valence-corrected chi connectivity index (χ3v) is 4.50. The van der Waals surface area contributed by atoms with Crippen molar-refractivity contribution in [1.29, 1.82) is 0 Å². The summed E-state index contributed by atoms with van der Waals surface area (Å²) in [5, 5.41) is 3.47. The first-order valence-electron chi connectivity index (χ1n) is 7.02. The first-order chi connectivity index (χ1) is 7.61. The molecule has 2 atom stereocenters. The number of piperidine rings is 1. The number of hydrogen-bond acceptors (Lipinski definition) is 2. The molecule has 0 aromatic carbocycles. The predicted molar refractivity (Wildman–Crippen MR) is 69.7 cm³/mol. The number of hydrogen-bond donors (Lipinski definition) is 1. The summed E-state index contributed by atoms with van der Waals surface area (Å²) in [6.45, 7) is 7.51. The van der Waals surface area contributed by atoms with E-state index in [1.807, 2.05) is 0 Å². The Morgan fingerprint density at radius 1 is 1.19 bits per heavy atom. The van der Waals surface area contributed by atoms with Gasteiger partial charge in [0, 0.05) is 18.6 Å². The molecule has 0 spiro atoms. The minimum Gasteiger partial charge on any atom is -0.317 e. The molecule has 2 nitrogen and oxygen atoms in total. The van der Waals surface area contributed by atoms with Gasteiger partial charge in [0.1, 0.15) is 0 Å². The van der Waals surface area contributed by atoms with Gasteiger partial charge in [-0.2, -0.15) is 0 Å². The lowest BCUT2D eigenvalue weighted by atomic mass is 9.81. The van der Waals surface area contributed by atoms with E-state index in [-0.39, 0.29) is 0 Å². The highest BCUT2D eigenvalue weighted by atomic mass is 15.2. The zero-order chi connectivity index (χ0) is 11.6. The Morgan fingerprint density at radius 3 is 2.69 bits per heavy atom. The molecule has 1 N–H and O–H groups in total. The average molecular weight is 224 g/mol. The molecule has 0 amide bonds. The van der Waals surface area contributed by atoms with Crippen molar-refractivity contribution in [3.05, 3.63) is 0 Å². The Kier molecular flexibility index (Phi) is 3.91. The van der Waals surface area contributed by atoms with Gasteiger partial charge in [-0.3, -0.25) is 4.90 Å². The van der Waals surface area contributed by atoms with Crippen molar-refractivity contribution < 1.29 is 0 Å². The number of nitrogens with zero attached hydrogens (tertiary/aromatic N) is 1. The largest absolute Gasteiger partial charge is 0.317 e.